The van der Waals surface area contributed by atoms with Gasteiger partial charge < -0.3 is 11.3 Å². The minimum Gasteiger partial charge on any atom is -0.300 e. The van der Waals surface area contributed by atoms with Crippen molar-refractivity contribution in [3.8, 4) is 0 Å². The summed E-state index contributed by atoms with van der Waals surface area (Å²) in [5.41, 5.74) is 4.10. The molecule has 0 amide bonds. The van der Waals surface area contributed by atoms with Crippen LogP contribution in [0.4, 0.5) is 0 Å². The van der Waals surface area contributed by atoms with E-state index in [4.69, 9.17) is 0 Å². The maximum absolute atomic E-state index is 3.30. The molecule has 0 saturated carbocycles. The van der Waals surface area contributed by atoms with Crippen LogP contribution < -0.4 is 0 Å². The number of hydrogen-bond donors (Lipinski definition) is 0. The molecule has 0 fully saturated rings. The summed E-state index contributed by atoms with van der Waals surface area (Å²) >= 11 is 1.75. The average molecular weight is 478 g/mol. The summed E-state index contributed by atoms with van der Waals surface area (Å²) in [6, 6.07) is 11.9. The zero-order chi connectivity index (χ0) is 15.8. The second kappa shape index (κ2) is 14.3. The van der Waals surface area contributed by atoms with Gasteiger partial charge in [-0.25, -0.2) is 0 Å². The smallest absolute Gasteiger partial charge is 0 e. The van der Waals surface area contributed by atoms with Gasteiger partial charge in [-0.05, 0) is 11.8 Å². The molecule has 23 heavy (non-hydrogen) atoms. The number of rotatable bonds is 4. The van der Waals surface area contributed by atoms with Gasteiger partial charge in [-0.3, -0.25) is 0 Å². The standard InChI is InChI=1S/C11H15.C9H13S.2Y/c1-4-10-6-5-7-11(8-10)9(2)3;1-4-9-5-8(6-10-9)7(2)3;;/h5-6,8-9H,4H2,1-3H3;5,7H,4H2,1-3H3;;/q2*-1;;. The minimum atomic E-state index is 0. The summed E-state index contributed by atoms with van der Waals surface area (Å²) in [5, 5.41) is 3.30. The Morgan fingerprint density at radius 3 is 1.91 bits per heavy atom. The zero-order valence-electron chi connectivity index (χ0n) is 15.4. The Balaban J connectivity index is 0. The van der Waals surface area contributed by atoms with E-state index in [2.05, 4.69) is 71.2 Å². The molecule has 0 atom stereocenters. The molecule has 0 unspecified atom stereocenters. The van der Waals surface area contributed by atoms with Crippen LogP contribution in [0.1, 0.15) is 74.9 Å². The first-order valence-electron chi connectivity index (χ1n) is 7.98. The van der Waals surface area contributed by atoms with Gasteiger partial charge in [-0.15, -0.1) is 10.3 Å². The topological polar surface area (TPSA) is 0 Å². The maximum Gasteiger partial charge on any atom is 0 e. The van der Waals surface area contributed by atoms with E-state index in [-0.39, 0.29) is 65.4 Å². The van der Waals surface area contributed by atoms with E-state index < -0.39 is 0 Å². The fourth-order valence-corrected chi connectivity index (χ4v) is 2.78. The molecular weight excluding hydrogens is 450 g/mol. The Morgan fingerprint density at radius 1 is 0.913 bits per heavy atom. The maximum atomic E-state index is 3.30. The van der Waals surface area contributed by atoms with Crippen molar-refractivity contribution in [3.63, 3.8) is 0 Å². The van der Waals surface area contributed by atoms with Crippen LogP contribution in [0.3, 0.4) is 0 Å². The molecule has 2 radical (unpaired) electrons. The van der Waals surface area contributed by atoms with Crippen molar-refractivity contribution in [1.82, 2.24) is 0 Å². The molecule has 0 saturated heterocycles. The van der Waals surface area contributed by atoms with Gasteiger partial charge in [0.1, 0.15) is 0 Å². The first-order valence-corrected chi connectivity index (χ1v) is 8.80. The van der Waals surface area contributed by atoms with Crippen LogP contribution in [0.5, 0.6) is 0 Å². The van der Waals surface area contributed by atoms with Crippen LogP contribution in [0.2, 0.25) is 0 Å². The second-order valence-corrected chi connectivity index (χ2v) is 6.87. The van der Waals surface area contributed by atoms with E-state index in [0.717, 1.165) is 12.8 Å². The van der Waals surface area contributed by atoms with Gasteiger partial charge in [0.2, 0.25) is 0 Å². The number of benzene rings is 1. The van der Waals surface area contributed by atoms with Crippen molar-refractivity contribution in [2.24, 2.45) is 0 Å². The summed E-state index contributed by atoms with van der Waals surface area (Å²) in [4.78, 5) is 1.45. The molecular formula is C20H28SY2-2. The minimum absolute atomic E-state index is 0. The molecule has 0 aliphatic rings. The number of thiophene rings is 1. The number of aryl methyl sites for hydroxylation is 2. The predicted molar refractivity (Wildman–Crippen MR) is 95.4 cm³/mol. The van der Waals surface area contributed by atoms with Gasteiger partial charge in [0.05, 0.1) is 0 Å². The third kappa shape index (κ3) is 10.0. The molecule has 1 aromatic carbocycles. The fraction of sp³-hybridized carbons (Fsp3) is 0.500. The molecule has 0 aliphatic heterocycles. The second-order valence-electron chi connectivity index (χ2n) is 5.94. The Hall–Kier alpha value is 1.13. The molecule has 0 spiro atoms. The zero-order valence-corrected chi connectivity index (χ0v) is 21.9. The Bertz CT molecular complexity index is 530. The van der Waals surface area contributed by atoms with Crippen molar-refractivity contribution in [1.29, 1.82) is 0 Å². The predicted octanol–water partition coefficient (Wildman–Crippen LogP) is 6.40. The third-order valence-corrected chi connectivity index (χ3v) is 4.51. The van der Waals surface area contributed by atoms with Gasteiger partial charge in [0.25, 0.3) is 0 Å². The van der Waals surface area contributed by atoms with E-state index in [1.165, 1.54) is 21.6 Å². The van der Waals surface area contributed by atoms with Gasteiger partial charge >= 0.3 is 0 Å². The first-order chi connectivity index (χ1) is 9.97. The van der Waals surface area contributed by atoms with E-state index in [1.54, 1.807) is 11.3 Å². The molecule has 3 heteroatoms. The van der Waals surface area contributed by atoms with Crippen LogP contribution in [0, 0.1) is 11.4 Å². The monoisotopic (exact) mass is 478 g/mol. The largest absolute Gasteiger partial charge is 0.300 e. The van der Waals surface area contributed by atoms with Crippen molar-refractivity contribution >= 4 is 11.3 Å². The molecule has 1 aromatic heterocycles. The summed E-state index contributed by atoms with van der Waals surface area (Å²) in [6.07, 6.45) is 2.27. The summed E-state index contributed by atoms with van der Waals surface area (Å²) < 4.78 is 0. The van der Waals surface area contributed by atoms with Gasteiger partial charge in [-0.1, -0.05) is 54.4 Å². The van der Waals surface area contributed by atoms with Gasteiger partial charge in [0, 0.05) is 65.4 Å². The molecule has 0 aliphatic carbocycles. The molecule has 2 rings (SSSR count). The van der Waals surface area contributed by atoms with E-state index in [1.807, 2.05) is 6.07 Å². The fourth-order valence-electron chi connectivity index (χ4n) is 1.90. The summed E-state index contributed by atoms with van der Waals surface area (Å²) in [7, 11) is 0. The molecule has 1 heterocycles. The average Bonchev–Trinajstić information content (AvgIpc) is 2.97. The Kier molecular flexibility index (Phi) is 16.4. The van der Waals surface area contributed by atoms with Crippen LogP contribution in [0.15, 0.2) is 24.3 Å². The van der Waals surface area contributed by atoms with Gasteiger partial charge in [0.15, 0.2) is 0 Å². The third-order valence-electron chi connectivity index (χ3n) is 3.51. The molecule has 2 aromatic rings. The molecule has 0 nitrogen and oxygen atoms in total. The normalized spacial score (nSPS) is 9.74. The van der Waals surface area contributed by atoms with Crippen LogP contribution in [-0.4, -0.2) is 0 Å². The first kappa shape index (κ1) is 26.4. The van der Waals surface area contributed by atoms with Crippen molar-refractivity contribution in [3.05, 3.63) is 57.3 Å². The molecule has 122 valence electrons. The van der Waals surface area contributed by atoms with Crippen LogP contribution in [-0.2, 0) is 78.3 Å². The van der Waals surface area contributed by atoms with Crippen molar-refractivity contribution < 1.29 is 65.4 Å². The van der Waals surface area contributed by atoms with Gasteiger partial charge in [-0.2, -0.15) is 47.0 Å². The number of hydrogen-bond acceptors (Lipinski definition) is 1. The molecule has 0 N–H and O–H groups in total. The molecule has 0 bridgehead atoms. The van der Waals surface area contributed by atoms with Crippen molar-refractivity contribution in [2.45, 2.75) is 66.2 Å². The Morgan fingerprint density at radius 2 is 1.52 bits per heavy atom. The SMILES string of the molecule is CCc1cc(C(C)C)[c-]s1.CCc1cc[c-]c(C(C)C)c1.[Y].[Y]. The van der Waals surface area contributed by atoms with Crippen LogP contribution >= 0.6 is 11.3 Å². The Labute approximate surface area is 198 Å². The van der Waals surface area contributed by atoms with Crippen molar-refractivity contribution in [2.75, 3.05) is 0 Å². The van der Waals surface area contributed by atoms with E-state index in [9.17, 15) is 0 Å². The summed E-state index contributed by atoms with van der Waals surface area (Å²) in [5.74, 6) is 1.23. The van der Waals surface area contributed by atoms with Crippen LogP contribution in [0.25, 0.3) is 0 Å². The van der Waals surface area contributed by atoms with E-state index in [0.29, 0.717) is 11.8 Å². The summed E-state index contributed by atoms with van der Waals surface area (Å²) in [6.45, 7) is 13.2. The quantitative estimate of drug-likeness (QED) is 0.446. The van der Waals surface area contributed by atoms with E-state index >= 15 is 0 Å².